The second-order valence-corrected chi connectivity index (χ2v) is 6.65. The van der Waals surface area contributed by atoms with Gasteiger partial charge in [0.1, 0.15) is 0 Å². The molecule has 0 heterocycles. The van der Waals surface area contributed by atoms with E-state index in [0.717, 1.165) is 36.9 Å². The van der Waals surface area contributed by atoms with Crippen molar-refractivity contribution in [3.8, 4) is 0 Å². The quantitative estimate of drug-likeness (QED) is 0.601. The van der Waals surface area contributed by atoms with Gasteiger partial charge in [0.05, 0.1) is 6.10 Å². The zero-order valence-corrected chi connectivity index (χ0v) is 14.8. The molecular weight excluding hydrogens is 302 g/mol. The van der Waals surface area contributed by atoms with Crippen LogP contribution in [-0.2, 0) is 14.3 Å². The molecule has 0 unspecified atom stereocenters. The molecule has 0 radical (unpaired) electrons. The molecule has 4 heteroatoms. The highest BCUT2D eigenvalue weighted by Crippen LogP contribution is 2.27. The van der Waals surface area contributed by atoms with Crippen LogP contribution in [0.4, 0.5) is 5.69 Å². The van der Waals surface area contributed by atoms with Gasteiger partial charge in [0, 0.05) is 24.7 Å². The fourth-order valence-corrected chi connectivity index (χ4v) is 3.02. The molecule has 0 saturated heterocycles. The van der Waals surface area contributed by atoms with Gasteiger partial charge in [0.15, 0.2) is 0 Å². The van der Waals surface area contributed by atoms with E-state index in [1.165, 1.54) is 12.5 Å². The Morgan fingerprint density at radius 2 is 1.92 bits per heavy atom. The van der Waals surface area contributed by atoms with Crippen LogP contribution in [-0.4, -0.2) is 25.0 Å². The van der Waals surface area contributed by atoms with E-state index in [2.05, 4.69) is 0 Å². The van der Waals surface area contributed by atoms with Gasteiger partial charge in [-0.1, -0.05) is 31.4 Å². The topological polar surface area (TPSA) is 46.6 Å². The minimum atomic E-state index is -0.359. The molecule has 1 fully saturated rings. The molecule has 0 spiro atoms. The maximum Gasteiger partial charge on any atom is 0.331 e. The summed E-state index contributed by atoms with van der Waals surface area (Å²) in [6.45, 7) is 3.64. The lowest BCUT2D eigenvalue weighted by molar-refractivity contribution is -0.141. The first-order valence-electron chi connectivity index (χ1n) is 8.73. The first-order chi connectivity index (χ1) is 11.5. The number of carbonyl (C=O) groups excluding carboxylic acids is 2. The minimum absolute atomic E-state index is 0.132. The van der Waals surface area contributed by atoms with Crippen molar-refractivity contribution < 1.29 is 14.3 Å². The van der Waals surface area contributed by atoms with E-state index in [-0.39, 0.29) is 23.9 Å². The monoisotopic (exact) mass is 329 g/mol. The Morgan fingerprint density at radius 3 is 2.58 bits per heavy atom. The average molecular weight is 329 g/mol. The smallest absolute Gasteiger partial charge is 0.331 e. The summed E-state index contributed by atoms with van der Waals surface area (Å²) in [7, 11) is 1.83. The number of carbonyl (C=O) groups is 2. The van der Waals surface area contributed by atoms with Crippen LogP contribution in [0.5, 0.6) is 0 Å². The summed E-state index contributed by atoms with van der Waals surface area (Å²) in [5.74, 6) is -0.0268. The molecule has 130 valence electrons. The molecule has 1 amide bonds. The summed E-state index contributed by atoms with van der Waals surface area (Å²) < 4.78 is 5.08. The molecule has 1 aliphatic carbocycles. The van der Waals surface area contributed by atoms with Crippen molar-refractivity contribution in [2.24, 2.45) is 5.92 Å². The Kier molecular flexibility index (Phi) is 6.59. The van der Waals surface area contributed by atoms with Gasteiger partial charge in [-0.3, -0.25) is 4.79 Å². The Balaban J connectivity index is 2.04. The molecule has 1 saturated carbocycles. The third kappa shape index (κ3) is 5.22. The summed E-state index contributed by atoms with van der Waals surface area (Å²) in [5, 5.41) is 0. The van der Waals surface area contributed by atoms with Crippen LogP contribution in [0.2, 0.25) is 0 Å². The first kappa shape index (κ1) is 18.2. The number of ether oxygens (including phenoxy) is 1. The van der Waals surface area contributed by atoms with E-state index >= 15 is 0 Å². The summed E-state index contributed by atoms with van der Waals surface area (Å²) >= 11 is 0. The molecule has 1 aromatic carbocycles. The van der Waals surface area contributed by atoms with Crippen molar-refractivity contribution in [3.63, 3.8) is 0 Å². The Morgan fingerprint density at radius 1 is 1.21 bits per heavy atom. The normalized spacial score (nSPS) is 15.7. The number of amides is 1. The molecule has 4 nitrogen and oxygen atoms in total. The van der Waals surface area contributed by atoms with Crippen molar-refractivity contribution in [2.45, 2.75) is 52.1 Å². The lowest BCUT2D eigenvalue weighted by Gasteiger charge is -2.26. The van der Waals surface area contributed by atoms with Crippen molar-refractivity contribution in [1.29, 1.82) is 0 Å². The van der Waals surface area contributed by atoms with E-state index in [1.54, 1.807) is 11.0 Å². The van der Waals surface area contributed by atoms with Crippen LogP contribution in [0, 0.1) is 5.92 Å². The van der Waals surface area contributed by atoms with Gasteiger partial charge >= 0.3 is 5.97 Å². The molecule has 0 bridgehead atoms. The van der Waals surface area contributed by atoms with Crippen LogP contribution < -0.4 is 4.90 Å². The molecule has 2 rings (SSSR count). The summed E-state index contributed by atoms with van der Waals surface area (Å²) in [6.07, 6.45) is 8.51. The first-order valence-corrected chi connectivity index (χ1v) is 8.73. The molecular formula is C20H27NO3. The van der Waals surface area contributed by atoms with E-state index < -0.39 is 0 Å². The predicted molar refractivity (Wildman–Crippen MR) is 96.7 cm³/mol. The fourth-order valence-electron chi connectivity index (χ4n) is 3.02. The van der Waals surface area contributed by atoms with Crippen LogP contribution in [0.1, 0.15) is 51.5 Å². The van der Waals surface area contributed by atoms with Crippen LogP contribution >= 0.6 is 0 Å². The second-order valence-electron chi connectivity index (χ2n) is 6.65. The highest BCUT2D eigenvalue weighted by atomic mass is 16.5. The predicted octanol–water partition coefficient (Wildman–Crippen LogP) is 4.19. The SMILES string of the molecule is CC(C)OC(=O)/C=C/c1cccc(N(C)C(=O)C2CCCCC2)c1. The van der Waals surface area contributed by atoms with Crippen molar-refractivity contribution in [1.82, 2.24) is 0 Å². The van der Waals surface area contributed by atoms with Crippen molar-refractivity contribution in [3.05, 3.63) is 35.9 Å². The number of hydrogen-bond donors (Lipinski definition) is 0. The van der Waals surface area contributed by atoms with Gasteiger partial charge < -0.3 is 9.64 Å². The molecule has 0 N–H and O–H groups in total. The molecule has 1 aliphatic rings. The molecule has 1 aromatic rings. The summed E-state index contributed by atoms with van der Waals surface area (Å²) in [6, 6.07) is 7.64. The third-order valence-corrected chi connectivity index (χ3v) is 4.31. The Hall–Kier alpha value is -2.10. The zero-order valence-electron chi connectivity index (χ0n) is 14.8. The van der Waals surface area contributed by atoms with Crippen LogP contribution in [0.25, 0.3) is 6.08 Å². The number of anilines is 1. The number of benzene rings is 1. The highest BCUT2D eigenvalue weighted by Gasteiger charge is 2.24. The van der Waals surface area contributed by atoms with Gasteiger partial charge in [-0.15, -0.1) is 0 Å². The molecule has 0 aromatic heterocycles. The fraction of sp³-hybridized carbons (Fsp3) is 0.500. The van der Waals surface area contributed by atoms with E-state index in [0.29, 0.717) is 0 Å². The number of rotatable bonds is 5. The number of esters is 1. The second kappa shape index (κ2) is 8.67. The van der Waals surface area contributed by atoms with Crippen LogP contribution in [0.15, 0.2) is 30.3 Å². The largest absolute Gasteiger partial charge is 0.460 e. The Bertz CT molecular complexity index is 601. The lowest BCUT2D eigenvalue weighted by atomic mass is 9.88. The van der Waals surface area contributed by atoms with Crippen molar-refractivity contribution >= 4 is 23.6 Å². The molecule has 24 heavy (non-hydrogen) atoms. The lowest BCUT2D eigenvalue weighted by Crippen LogP contribution is -2.33. The highest BCUT2D eigenvalue weighted by molar-refractivity contribution is 5.95. The van der Waals surface area contributed by atoms with Crippen LogP contribution in [0.3, 0.4) is 0 Å². The standard InChI is InChI=1S/C20H27NO3/c1-15(2)24-19(22)13-12-16-8-7-11-18(14-16)21(3)20(23)17-9-5-4-6-10-17/h7-8,11-15,17H,4-6,9-10H2,1-3H3/b13-12+. The van der Waals surface area contributed by atoms with Gasteiger partial charge in [0.2, 0.25) is 5.91 Å². The van der Waals surface area contributed by atoms with Gasteiger partial charge in [-0.2, -0.15) is 0 Å². The van der Waals surface area contributed by atoms with Crippen molar-refractivity contribution in [2.75, 3.05) is 11.9 Å². The van der Waals surface area contributed by atoms with Gasteiger partial charge in [0.25, 0.3) is 0 Å². The van der Waals surface area contributed by atoms with E-state index in [1.807, 2.05) is 45.2 Å². The summed E-state index contributed by atoms with van der Waals surface area (Å²) in [4.78, 5) is 26.0. The number of hydrogen-bond acceptors (Lipinski definition) is 3. The third-order valence-electron chi connectivity index (χ3n) is 4.31. The molecule has 0 atom stereocenters. The van der Waals surface area contributed by atoms with Gasteiger partial charge in [-0.05, 0) is 50.5 Å². The average Bonchev–Trinajstić information content (AvgIpc) is 2.59. The van der Waals surface area contributed by atoms with E-state index in [4.69, 9.17) is 4.74 Å². The zero-order chi connectivity index (χ0) is 17.5. The summed E-state index contributed by atoms with van der Waals surface area (Å²) in [5.41, 5.74) is 1.72. The van der Waals surface area contributed by atoms with E-state index in [9.17, 15) is 9.59 Å². The minimum Gasteiger partial charge on any atom is -0.460 e. The maximum absolute atomic E-state index is 12.6. The van der Waals surface area contributed by atoms with Gasteiger partial charge in [-0.25, -0.2) is 4.79 Å². The number of nitrogens with zero attached hydrogens (tertiary/aromatic N) is 1. The maximum atomic E-state index is 12.6. The molecule has 0 aliphatic heterocycles. The Labute approximate surface area is 144 Å².